The third-order valence-electron chi connectivity index (χ3n) is 2.55. The summed E-state index contributed by atoms with van der Waals surface area (Å²) < 4.78 is 13.4. The Hall–Kier alpha value is -1.33. The molecule has 0 amide bonds. The molecule has 0 heterocycles. The van der Waals surface area contributed by atoms with Gasteiger partial charge >= 0.3 is 0 Å². The zero-order chi connectivity index (χ0) is 11.8. The number of benzene rings is 1. The molecule has 16 heavy (non-hydrogen) atoms. The van der Waals surface area contributed by atoms with Crippen molar-refractivity contribution in [2.45, 2.75) is 32.2 Å². The molecule has 0 aliphatic carbocycles. The maximum atomic E-state index is 13.4. The first-order valence-corrected chi connectivity index (χ1v) is 5.68. The summed E-state index contributed by atoms with van der Waals surface area (Å²) in [5, 5.41) is 3.33. The molecule has 1 aromatic carbocycles. The minimum atomic E-state index is -0.133. The molecule has 1 rings (SSSR count). The van der Waals surface area contributed by atoms with Crippen LogP contribution in [0.5, 0.6) is 0 Å². The molecule has 1 aromatic rings. The third-order valence-corrected chi connectivity index (χ3v) is 2.55. The van der Waals surface area contributed by atoms with Crippen LogP contribution >= 0.6 is 0 Å². The third kappa shape index (κ3) is 4.04. The average molecular weight is 219 g/mol. The maximum absolute atomic E-state index is 13.4. The summed E-state index contributed by atoms with van der Waals surface area (Å²) in [5.74, 6) is 2.49. The Morgan fingerprint density at radius 1 is 1.44 bits per heavy atom. The molecule has 0 spiro atoms. The summed E-state index contributed by atoms with van der Waals surface area (Å²) in [5.41, 5.74) is 0.755. The molecule has 2 heteroatoms. The van der Waals surface area contributed by atoms with Crippen molar-refractivity contribution in [2.75, 3.05) is 6.54 Å². The van der Waals surface area contributed by atoms with Gasteiger partial charge in [0.1, 0.15) is 5.82 Å². The highest BCUT2D eigenvalue weighted by atomic mass is 19.1. The second-order valence-electron chi connectivity index (χ2n) is 3.79. The molecule has 0 bridgehead atoms. The number of hydrogen-bond donors (Lipinski definition) is 1. The highest BCUT2D eigenvalue weighted by molar-refractivity contribution is 5.18. The number of halogens is 1. The van der Waals surface area contributed by atoms with E-state index < -0.39 is 0 Å². The molecular weight excluding hydrogens is 201 g/mol. The highest BCUT2D eigenvalue weighted by Crippen LogP contribution is 2.11. The van der Waals surface area contributed by atoms with Crippen LogP contribution in [0.2, 0.25) is 0 Å². The lowest BCUT2D eigenvalue weighted by atomic mass is 10.0. The standard InChI is InChI=1S/C14H18FN/c1-3-5-9-13(16-4-2)11-12-8-6-7-10-14(12)15/h1,6-8,10,13,16H,4-5,9,11H2,2H3. The second-order valence-corrected chi connectivity index (χ2v) is 3.79. The van der Waals surface area contributed by atoms with Crippen molar-refractivity contribution in [3.8, 4) is 12.3 Å². The lowest BCUT2D eigenvalue weighted by Crippen LogP contribution is -2.31. The van der Waals surface area contributed by atoms with Gasteiger partial charge < -0.3 is 5.32 Å². The van der Waals surface area contributed by atoms with Crippen molar-refractivity contribution in [1.82, 2.24) is 5.32 Å². The van der Waals surface area contributed by atoms with E-state index in [1.54, 1.807) is 6.07 Å². The lowest BCUT2D eigenvalue weighted by Gasteiger charge is -2.17. The van der Waals surface area contributed by atoms with Gasteiger partial charge in [-0.25, -0.2) is 4.39 Å². The van der Waals surface area contributed by atoms with Crippen LogP contribution in [0, 0.1) is 18.2 Å². The van der Waals surface area contributed by atoms with Crippen LogP contribution in [0.25, 0.3) is 0 Å². The minimum absolute atomic E-state index is 0.133. The number of terminal acetylenes is 1. The van der Waals surface area contributed by atoms with E-state index in [1.807, 2.05) is 19.1 Å². The first-order valence-electron chi connectivity index (χ1n) is 5.68. The molecular formula is C14H18FN. The van der Waals surface area contributed by atoms with Crippen molar-refractivity contribution in [1.29, 1.82) is 0 Å². The van der Waals surface area contributed by atoms with Crippen LogP contribution in [0.3, 0.4) is 0 Å². The van der Waals surface area contributed by atoms with E-state index in [0.717, 1.165) is 24.9 Å². The van der Waals surface area contributed by atoms with Crippen LogP contribution in [0.4, 0.5) is 4.39 Å². The molecule has 1 nitrogen and oxygen atoms in total. The van der Waals surface area contributed by atoms with Crippen molar-refractivity contribution in [3.63, 3.8) is 0 Å². The zero-order valence-corrected chi connectivity index (χ0v) is 9.67. The van der Waals surface area contributed by atoms with Crippen LogP contribution in [-0.4, -0.2) is 12.6 Å². The predicted molar refractivity (Wildman–Crippen MR) is 65.6 cm³/mol. The summed E-state index contributed by atoms with van der Waals surface area (Å²) in [6, 6.07) is 7.16. The largest absolute Gasteiger partial charge is 0.314 e. The summed E-state index contributed by atoms with van der Waals surface area (Å²) >= 11 is 0. The van der Waals surface area contributed by atoms with E-state index in [1.165, 1.54) is 6.07 Å². The van der Waals surface area contributed by atoms with Gasteiger partial charge in [0, 0.05) is 12.5 Å². The Morgan fingerprint density at radius 3 is 2.81 bits per heavy atom. The van der Waals surface area contributed by atoms with E-state index >= 15 is 0 Å². The average Bonchev–Trinajstić information content (AvgIpc) is 2.29. The number of hydrogen-bond acceptors (Lipinski definition) is 1. The van der Waals surface area contributed by atoms with Crippen molar-refractivity contribution in [2.24, 2.45) is 0 Å². The van der Waals surface area contributed by atoms with Crippen molar-refractivity contribution in [3.05, 3.63) is 35.6 Å². The van der Waals surface area contributed by atoms with E-state index in [9.17, 15) is 4.39 Å². The first kappa shape index (κ1) is 12.7. The SMILES string of the molecule is C#CCCC(Cc1ccccc1F)NCC. The summed E-state index contributed by atoms with van der Waals surface area (Å²) in [7, 11) is 0. The molecule has 0 aliphatic heterocycles. The minimum Gasteiger partial charge on any atom is -0.314 e. The predicted octanol–water partition coefficient (Wildman–Crippen LogP) is 2.76. The quantitative estimate of drug-likeness (QED) is 0.725. The highest BCUT2D eigenvalue weighted by Gasteiger charge is 2.10. The Balaban J connectivity index is 2.60. The zero-order valence-electron chi connectivity index (χ0n) is 9.67. The molecule has 0 aromatic heterocycles. The Labute approximate surface area is 97.1 Å². The van der Waals surface area contributed by atoms with Gasteiger partial charge in [-0.2, -0.15) is 0 Å². The van der Waals surface area contributed by atoms with Gasteiger partial charge in [-0.3, -0.25) is 0 Å². The molecule has 1 atom stereocenters. The normalized spacial score (nSPS) is 12.1. The summed E-state index contributed by atoms with van der Waals surface area (Å²) in [6.07, 6.45) is 7.56. The Bertz CT molecular complexity index is 354. The van der Waals surface area contributed by atoms with E-state index in [4.69, 9.17) is 6.42 Å². The van der Waals surface area contributed by atoms with E-state index in [-0.39, 0.29) is 11.9 Å². The first-order chi connectivity index (χ1) is 7.77. The van der Waals surface area contributed by atoms with Gasteiger partial charge in [0.05, 0.1) is 0 Å². The second kappa shape index (κ2) is 7.03. The topological polar surface area (TPSA) is 12.0 Å². The molecule has 0 fully saturated rings. The smallest absolute Gasteiger partial charge is 0.126 e. The van der Waals surface area contributed by atoms with Gasteiger partial charge in [0.2, 0.25) is 0 Å². The van der Waals surface area contributed by atoms with Gasteiger partial charge in [0.25, 0.3) is 0 Å². The molecule has 86 valence electrons. The fraction of sp³-hybridized carbons (Fsp3) is 0.429. The number of rotatable bonds is 6. The summed E-state index contributed by atoms with van der Waals surface area (Å²) in [4.78, 5) is 0. The van der Waals surface area contributed by atoms with Crippen LogP contribution in [0.15, 0.2) is 24.3 Å². The van der Waals surface area contributed by atoms with Crippen LogP contribution in [-0.2, 0) is 6.42 Å². The summed E-state index contributed by atoms with van der Waals surface area (Å²) in [6.45, 7) is 2.92. The molecule has 1 unspecified atom stereocenters. The molecule has 0 radical (unpaired) electrons. The molecule has 0 saturated carbocycles. The molecule has 0 saturated heterocycles. The monoisotopic (exact) mass is 219 g/mol. The van der Waals surface area contributed by atoms with Gasteiger partial charge in [-0.15, -0.1) is 12.3 Å². The van der Waals surface area contributed by atoms with Crippen LogP contribution < -0.4 is 5.32 Å². The fourth-order valence-electron chi connectivity index (χ4n) is 1.75. The fourth-order valence-corrected chi connectivity index (χ4v) is 1.75. The van der Waals surface area contributed by atoms with Crippen molar-refractivity contribution < 1.29 is 4.39 Å². The van der Waals surface area contributed by atoms with Gasteiger partial charge in [-0.1, -0.05) is 25.1 Å². The number of nitrogens with one attached hydrogen (secondary N) is 1. The Kier molecular flexibility index (Phi) is 5.60. The lowest BCUT2D eigenvalue weighted by molar-refractivity contribution is 0.485. The van der Waals surface area contributed by atoms with Crippen LogP contribution in [0.1, 0.15) is 25.3 Å². The van der Waals surface area contributed by atoms with E-state index in [2.05, 4.69) is 11.2 Å². The molecule has 1 N–H and O–H groups in total. The molecule has 0 aliphatic rings. The Morgan fingerprint density at radius 2 is 2.19 bits per heavy atom. The van der Waals surface area contributed by atoms with Gasteiger partial charge in [0.15, 0.2) is 0 Å². The maximum Gasteiger partial charge on any atom is 0.126 e. The van der Waals surface area contributed by atoms with E-state index in [0.29, 0.717) is 6.42 Å². The van der Waals surface area contributed by atoms with Gasteiger partial charge in [-0.05, 0) is 31.0 Å². The number of likely N-dealkylation sites (N-methyl/N-ethyl adjacent to an activating group) is 1. The van der Waals surface area contributed by atoms with Crippen molar-refractivity contribution >= 4 is 0 Å².